The molecule has 1 fully saturated rings. The number of methoxy groups -OCH3 is 1. The maximum Gasteiger partial charge on any atom is 0.305 e. The lowest BCUT2D eigenvalue weighted by molar-refractivity contribution is -0.143. The van der Waals surface area contributed by atoms with Gasteiger partial charge < -0.3 is 10.5 Å². The van der Waals surface area contributed by atoms with Gasteiger partial charge in [0, 0.05) is 0 Å². The van der Waals surface area contributed by atoms with E-state index in [2.05, 4.69) is 6.92 Å². The smallest absolute Gasteiger partial charge is 0.305 e. The number of rotatable bonds is 4. The molecule has 0 aromatic carbocycles. The van der Waals surface area contributed by atoms with Crippen LogP contribution in [0.3, 0.4) is 0 Å². The van der Waals surface area contributed by atoms with E-state index >= 15 is 0 Å². The first kappa shape index (κ1) is 12.5. The van der Waals surface area contributed by atoms with Crippen molar-refractivity contribution in [3.05, 3.63) is 0 Å². The third kappa shape index (κ3) is 3.20. The number of ether oxygens (including phenoxy) is 1. The highest BCUT2D eigenvalue weighted by molar-refractivity contribution is 5.69. The molecule has 88 valence electrons. The summed E-state index contributed by atoms with van der Waals surface area (Å²) in [5.41, 5.74) is 6.04. The first-order chi connectivity index (χ1) is 7.12. The summed E-state index contributed by atoms with van der Waals surface area (Å²) in [6.45, 7) is 2.86. The lowest BCUT2D eigenvalue weighted by Crippen LogP contribution is -2.36. The SMILES string of the molecule is COC(=O)CC(CN)C1(C)CCCCC1. The van der Waals surface area contributed by atoms with Gasteiger partial charge in [0.15, 0.2) is 0 Å². The third-order valence-corrected chi connectivity index (χ3v) is 3.91. The van der Waals surface area contributed by atoms with Crippen LogP contribution < -0.4 is 5.73 Å². The second-order valence-corrected chi connectivity index (χ2v) is 4.93. The molecule has 0 aliphatic heterocycles. The molecule has 1 aliphatic rings. The standard InChI is InChI=1S/C12H23NO2/c1-12(6-4-3-5-7-12)10(9-13)8-11(14)15-2/h10H,3-9,13H2,1-2H3. The molecule has 15 heavy (non-hydrogen) atoms. The number of carbonyl (C=O) groups is 1. The fourth-order valence-electron chi connectivity index (χ4n) is 2.67. The molecule has 1 saturated carbocycles. The molecule has 0 aromatic rings. The van der Waals surface area contributed by atoms with E-state index in [-0.39, 0.29) is 17.3 Å². The van der Waals surface area contributed by atoms with Crippen molar-refractivity contribution in [3.8, 4) is 0 Å². The highest BCUT2D eigenvalue weighted by Gasteiger charge is 2.35. The van der Waals surface area contributed by atoms with Crippen molar-refractivity contribution < 1.29 is 9.53 Å². The topological polar surface area (TPSA) is 52.3 Å². The van der Waals surface area contributed by atoms with Crippen molar-refractivity contribution in [2.24, 2.45) is 17.1 Å². The zero-order valence-corrected chi connectivity index (χ0v) is 9.92. The molecule has 0 spiro atoms. The second-order valence-electron chi connectivity index (χ2n) is 4.93. The number of esters is 1. The van der Waals surface area contributed by atoms with E-state index in [1.807, 2.05) is 0 Å². The van der Waals surface area contributed by atoms with E-state index < -0.39 is 0 Å². The van der Waals surface area contributed by atoms with E-state index in [1.165, 1.54) is 39.2 Å². The quantitative estimate of drug-likeness (QED) is 0.727. The summed E-state index contributed by atoms with van der Waals surface area (Å²) >= 11 is 0. The Bertz CT molecular complexity index is 210. The van der Waals surface area contributed by atoms with Gasteiger partial charge in [-0.3, -0.25) is 4.79 Å². The van der Waals surface area contributed by atoms with E-state index in [1.54, 1.807) is 0 Å². The fraction of sp³-hybridized carbons (Fsp3) is 0.917. The molecule has 3 heteroatoms. The van der Waals surface area contributed by atoms with Crippen LogP contribution in [0.15, 0.2) is 0 Å². The van der Waals surface area contributed by atoms with E-state index in [0.29, 0.717) is 13.0 Å². The maximum atomic E-state index is 11.3. The molecule has 0 heterocycles. The Kier molecular flexibility index (Phi) is 4.58. The lowest BCUT2D eigenvalue weighted by atomic mass is 9.66. The van der Waals surface area contributed by atoms with Crippen LogP contribution in [0, 0.1) is 11.3 Å². The Morgan fingerprint density at radius 2 is 2.00 bits per heavy atom. The van der Waals surface area contributed by atoms with Crippen molar-refractivity contribution in [3.63, 3.8) is 0 Å². The molecule has 1 aliphatic carbocycles. The van der Waals surface area contributed by atoms with Crippen LogP contribution in [0.1, 0.15) is 45.4 Å². The maximum absolute atomic E-state index is 11.3. The summed E-state index contributed by atoms with van der Waals surface area (Å²) in [6, 6.07) is 0. The van der Waals surface area contributed by atoms with E-state index in [4.69, 9.17) is 10.5 Å². The van der Waals surface area contributed by atoms with Crippen molar-refractivity contribution in [2.45, 2.75) is 45.4 Å². The van der Waals surface area contributed by atoms with Crippen LogP contribution in [-0.2, 0) is 9.53 Å². The zero-order valence-electron chi connectivity index (χ0n) is 9.92. The molecule has 0 amide bonds. The van der Waals surface area contributed by atoms with Gasteiger partial charge in [-0.1, -0.05) is 26.2 Å². The molecule has 1 unspecified atom stereocenters. The van der Waals surface area contributed by atoms with Gasteiger partial charge in [-0.05, 0) is 30.7 Å². The molecular weight excluding hydrogens is 190 g/mol. The van der Waals surface area contributed by atoms with Crippen LogP contribution in [0.2, 0.25) is 0 Å². The first-order valence-electron chi connectivity index (χ1n) is 5.89. The van der Waals surface area contributed by atoms with Gasteiger partial charge in [-0.25, -0.2) is 0 Å². The molecule has 0 bridgehead atoms. The largest absolute Gasteiger partial charge is 0.469 e. The van der Waals surface area contributed by atoms with Crippen molar-refractivity contribution in [1.82, 2.24) is 0 Å². The molecule has 0 aromatic heterocycles. The highest BCUT2D eigenvalue weighted by atomic mass is 16.5. The van der Waals surface area contributed by atoms with Gasteiger partial charge in [-0.2, -0.15) is 0 Å². The molecule has 1 atom stereocenters. The van der Waals surface area contributed by atoms with Gasteiger partial charge >= 0.3 is 5.97 Å². The Morgan fingerprint density at radius 3 is 2.47 bits per heavy atom. The molecule has 0 radical (unpaired) electrons. The summed E-state index contributed by atoms with van der Waals surface area (Å²) in [6.07, 6.45) is 6.74. The van der Waals surface area contributed by atoms with Crippen molar-refractivity contribution >= 4 is 5.97 Å². The van der Waals surface area contributed by atoms with Gasteiger partial charge in [-0.15, -0.1) is 0 Å². The summed E-state index contributed by atoms with van der Waals surface area (Å²) < 4.78 is 4.72. The van der Waals surface area contributed by atoms with Gasteiger partial charge in [0.1, 0.15) is 0 Å². The third-order valence-electron chi connectivity index (χ3n) is 3.91. The summed E-state index contributed by atoms with van der Waals surface area (Å²) in [5, 5.41) is 0. The number of carbonyl (C=O) groups excluding carboxylic acids is 1. The number of hydrogen-bond acceptors (Lipinski definition) is 3. The highest BCUT2D eigenvalue weighted by Crippen LogP contribution is 2.43. The van der Waals surface area contributed by atoms with Crippen LogP contribution in [-0.4, -0.2) is 19.6 Å². The van der Waals surface area contributed by atoms with Crippen LogP contribution >= 0.6 is 0 Å². The fourth-order valence-corrected chi connectivity index (χ4v) is 2.67. The summed E-state index contributed by atoms with van der Waals surface area (Å²) in [7, 11) is 1.44. The number of nitrogens with two attached hydrogens (primary N) is 1. The minimum Gasteiger partial charge on any atom is -0.469 e. The van der Waals surface area contributed by atoms with Crippen molar-refractivity contribution in [2.75, 3.05) is 13.7 Å². The Morgan fingerprint density at radius 1 is 1.40 bits per heavy atom. The summed E-state index contributed by atoms with van der Waals surface area (Å²) in [4.78, 5) is 11.3. The van der Waals surface area contributed by atoms with Crippen LogP contribution in [0.4, 0.5) is 0 Å². The molecule has 0 saturated heterocycles. The Labute approximate surface area is 92.4 Å². The minimum atomic E-state index is -0.128. The Balaban J connectivity index is 2.58. The monoisotopic (exact) mass is 213 g/mol. The van der Waals surface area contributed by atoms with Gasteiger partial charge in [0.05, 0.1) is 13.5 Å². The van der Waals surface area contributed by atoms with Crippen LogP contribution in [0.5, 0.6) is 0 Å². The van der Waals surface area contributed by atoms with E-state index in [9.17, 15) is 4.79 Å². The average Bonchev–Trinajstić information content (AvgIpc) is 2.26. The molecular formula is C12H23NO2. The Hall–Kier alpha value is -0.570. The van der Waals surface area contributed by atoms with Crippen molar-refractivity contribution in [1.29, 1.82) is 0 Å². The normalized spacial score (nSPS) is 22.1. The first-order valence-corrected chi connectivity index (χ1v) is 5.89. The van der Waals surface area contributed by atoms with Gasteiger partial charge in [0.2, 0.25) is 0 Å². The molecule has 3 nitrogen and oxygen atoms in total. The summed E-state index contributed by atoms with van der Waals surface area (Å²) in [5.74, 6) is 0.155. The predicted octanol–water partition coefficient (Wildman–Crippen LogP) is 2.09. The predicted molar refractivity (Wildman–Crippen MR) is 60.4 cm³/mol. The lowest BCUT2D eigenvalue weighted by Gasteiger charge is -2.40. The second kappa shape index (κ2) is 5.50. The molecule has 1 rings (SSSR count). The number of hydrogen-bond donors (Lipinski definition) is 1. The zero-order chi connectivity index (χ0) is 11.3. The van der Waals surface area contributed by atoms with E-state index in [0.717, 1.165) is 0 Å². The van der Waals surface area contributed by atoms with Crippen LogP contribution in [0.25, 0.3) is 0 Å². The minimum absolute atomic E-state index is 0.128. The molecule has 2 N–H and O–H groups in total. The average molecular weight is 213 g/mol. The van der Waals surface area contributed by atoms with Gasteiger partial charge in [0.25, 0.3) is 0 Å².